The fourth-order valence-electron chi connectivity index (χ4n) is 2.15. The Hall–Kier alpha value is -2.21. The van der Waals surface area contributed by atoms with E-state index in [1.54, 1.807) is 22.3 Å². The topological polar surface area (TPSA) is 70.5 Å². The van der Waals surface area contributed by atoms with Gasteiger partial charge in [0.05, 0.1) is 0 Å². The van der Waals surface area contributed by atoms with Crippen LogP contribution in [0.1, 0.15) is 39.1 Å². The van der Waals surface area contributed by atoms with Gasteiger partial charge in [0.15, 0.2) is 0 Å². The van der Waals surface area contributed by atoms with E-state index in [1.807, 2.05) is 24.4 Å². The van der Waals surface area contributed by atoms with Gasteiger partial charge in [-0.25, -0.2) is 9.78 Å². The van der Waals surface area contributed by atoms with Gasteiger partial charge in [-0.1, -0.05) is 13.0 Å². The predicted molar refractivity (Wildman–Crippen MR) is 85.4 cm³/mol. The molecule has 0 bridgehead atoms. The van der Waals surface area contributed by atoms with Crippen molar-refractivity contribution in [2.75, 3.05) is 13.1 Å². The zero-order valence-electron chi connectivity index (χ0n) is 12.4. The van der Waals surface area contributed by atoms with E-state index in [0.29, 0.717) is 18.7 Å². The van der Waals surface area contributed by atoms with Crippen LogP contribution >= 0.6 is 11.3 Å². The van der Waals surface area contributed by atoms with E-state index < -0.39 is 5.97 Å². The van der Waals surface area contributed by atoms with Crippen LogP contribution in [0.5, 0.6) is 0 Å². The van der Waals surface area contributed by atoms with Gasteiger partial charge in [0.25, 0.3) is 5.91 Å². The Labute approximate surface area is 133 Å². The largest absolute Gasteiger partial charge is 0.477 e. The number of thiophene rings is 1. The average molecular weight is 318 g/mol. The number of rotatable bonds is 7. The molecule has 0 aliphatic heterocycles. The monoisotopic (exact) mass is 318 g/mol. The lowest BCUT2D eigenvalue weighted by atomic mass is 10.2. The van der Waals surface area contributed by atoms with Crippen LogP contribution in [0.3, 0.4) is 0 Å². The van der Waals surface area contributed by atoms with Crippen LogP contribution in [-0.4, -0.2) is 40.0 Å². The number of hydrogen-bond acceptors (Lipinski definition) is 4. The van der Waals surface area contributed by atoms with Gasteiger partial charge in [0.1, 0.15) is 5.69 Å². The number of aromatic nitrogens is 1. The molecule has 0 aliphatic rings. The molecule has 0 spiro atoms. The quantitative estimate of drug-likeness (QED) is 0.852. The maximum Gasteiger partial charge on any atom is 0.354 e. The molecular weight excluding hydrogens is 300 g/mol. The number of pyridine rings is 1. The van der Waals surface area contributed by atoms with Gasteiger partial charge >= 0.3 is 5.97 Å². The SMILES string of the molecule is CCCN(CCc1cccs1)C(=O)c1ccnc(C(=O)O)c1. The summed E-state index contributed by atoms with van der Waals surface area (Å²) in [5.41, 5.74) is 0.257. The van der Waals surface area contributed by atoms with Crippen LogP contribution in [0.25, 0.3) is 0 Å². The molecule has 1 N–H and O–H groups in total. The Morgan fingerprint density at radius 1 is 1.32 bits per heavy atom. The minimum absolute atomic E-state index is 0.111. The standard InChI is InChI=1S/C16H18N2O3S/c1-2-8-18(9-6-13-4-3-10-22-13)15(19)12-5-7-17-14(11-12)16(20)21/h3-5,7,10-11H,2,6,8-9H2,1H3,(H,20,21). The number of amides is 1. The third-order valence-electron chi connectivity index (χ3n) is 3.21. The molecular formula is C16H18N2O3S. The van der Waals surface area contributed by atoms with Crippen molar-refractivity contribution in [3.8, 4) is 0 Å². The third kappa shape index (κ3) is 4.14. The molecule has 0 saturated carbocycles. The first-order valence-electron chi connectivity index (χ1n) is 7.12. The second-order valence-electron chi connectivity index (χ2n) is 4.86. The summed E-state index contributed by atoms with van der Waals surface area (Å²) in [5, 5.41) is 11.0. The second-order valence-corrected chi connectivity index (χ2v) is 5.89. The van der Waals surface area contributed by atoms with E-state index >= 15 is 0 Å². The Kier molecular flexibility index (Phi) is 5.66. The summed E-state index contributed by atoms with van der Waals surface area (Å²) in [6, 6.07) is 6.93. The van der Waals surface area contributed by atoms with Gasteiger partial charge in [0, 0.05) is 29.7 Å². The summed E-state index contributed by atoms with van der Waals surface area (Å²) in [5.74, 6) is -1.28. The Morgan fingerprint density at radius 2 is 2.14 bits per heavy atom. The van der Waals surface area contributed by atoms with Crippen molar-refractivity contribution in [2.45, 2.75) is 19.8 Å². The van der Waals surface area contributed by atoms with E-state index in [2.05, 4.69) is 4.98 Å². The minimum atomic E-state index is -1.13. The number of carbonyl (C=O) groups is 2. The van der Waals surface area contributed by atoms with E-state index in [4.69, 9.17) is 5.11 Å². The molecule has 2 aromatic heterocycles. The predicted octanol–water partition coefficient (Wildman–Crippen LogP) is 2.94. The van der Waals surface area contributed by atoms with Crippen molar-refractivity contribution in [3.05, 3.63) is 52.0 Å². The van der Waals surface area contributed by atoms with Crippen molar-refractivity contribution < 1.29 is 14.7 Å². The number of carbonyl (C=O) groups excluding carboxylic acids is 1. The summed E-state index contributed by atoms with van der Waals surface area (Å²) in [6.07, 6.45) is 3.02. The van der Waals surface area contributed by atoms with E-state index in [0.717, 1.165) is 12.8 Å². The lowest BCUT2D eigenvalue weighted by Gasteiger charge is -2.22. The number of aromatic carboxylic acids is 1. The lowest BCUT2D eigenvalue weighted by Crippen LogP contribution is -2.33. The molecule has 0 radical (unpaired) electrons. The highest BCUT2D eigenvalue weighted by Crippen LogP contribution is 2.12. The molecule has 6 heteroatoms. The van der Waals surface area contributed by atoms with Gasteiger partial charge < -0.3 is 10.0 Å². The number of carboxylic acids is 1. The normalized spacial score (nSPS) is 10.4. The molecule has 5 nitrogen and oxygen atoms in total. The minimum Gasteiger partial charge on any atom is -0.477 e. The molecule has 22 heavy (non-hydrogen) atoms. The first-order valence-corrected chi connectivity index (χ1v) is 8.00. The molecule has 0 aromatic carbocycles. The average Bonchev–Trinajstić information content (AvgIpc) is 3.04. The van der Waals surface area contributed by atoms with Crippen LogP contribution in [-0.2, 0) is 6.42 Å². The van der Waals surface area contributed by atoms with Gasteiger partial charge in [-0.3, -0.25) is 4.79 Å². The maximum atomic E-state index is 12.6. The van der Waals surface area contributed by atoms with Crippen molar-refractivity contribution in [1.82, 2.24) is 9.88 Å². The smallest absolute Gasteiger partial charge is 0.354 e. The van der Waals surface area contributed by atoms with Gasteiger partial charge in [0.2, 0.25) is 0 Å². The van der Waals surface area contributed by atoms with Gasteiger partial charge in [-0.2, -0.15) is 0 Å². The zero-order valence-corrected chi connectivity index (χ0v) is 13.2. The first kappa shape index (κ1) is 16.2. The third-order valence-corrected chi connectivity index (χ3v) is 4.15. The Morgan fingerprint density at radius 3 is 2.77 bits per heavy atom. The van der Waals surface area contributed by atoms with Crippen molar-refractivity contribution >= 4 is 23.2 Å². The van der Waals surface area contributed by atoms with E-state index in [-0.39, 0.29) is 11.6 Å². The molecule has 2 aromatic rings. The lowest BCUT2D eigenvalue weighted by molar-refractivity contribution is 0.0690. The molecule has 0 unspecified atom stereocenters. The number of carboxylic acid groups (broad SMARTS) is 1. The highest BCUT2D eigenvalue weighted by Gasteiger charge is 2.17. The van der Waals surface area contributed by atoms with Crippen molar-refractivity contribution in [2.24, 2.45) is 0 Å². The number of nitrogens with zero attached hydrogens (tertiary/aromatic N) is 2. The fraction of sp³-hybridized carbons (Fsp3) is 0.312. The van der Waals surface area contributed by atoms with Gasteiger partial charge in [-0.05, 0) is 36.4 Å². The van der Waals surface area contributed by atoms with Crippen LogP contribution in [0, 0.1) is 0 Å². The number of hydrogen-bond donors (Lipinski definition) is 1. The highest BCUT2D eigenvalue weighted by molar-refractivity contribution is 7.09. The van der Waals surface area contributed by atoms with Crippen LogP contribution < -0.4 is 0 Å². The summed E-state index contributed by atoms with van der Waals surface area (Å²) in [6.45, 7) is 3.29. The summed E-state index contributed by atoms with van der Waals surface area (Å²) in [4.78, 5) is 30.3. The molecule has 2 heterocycles. The summed E-state index contributed by atoms with van der Waals surface area (Å²) in [7, 11) is 0. The molecule has 0 atom stereocenters. The Bertz CT molecular complexity index is 641. The van der Waals surface area contributed by atoms with E-state index in [9.17, 15) is 9.59 Å². The van der Waals surface area contributed by atoms with Gasteiger partial charge in [-0.15, -0.1) is 11.3 Å². The first-order chi connectivity index (χ1) is 10.6. The van der Waals surface area contributed by atoms with Crippen molar-refractivity contribution in [3.63, 3.8) is 0 Å². The molecule has 2 rings (SSSR count). The molecule has 1 amide bonds. The second kappa shape index (κ2) is 7.70. The molecule has 116 valence electrons. The molecule has 0 aliphatic carbocycles. The summed E-state index contributed by atoms with van der Waals surface area (Å²) >= 11 is 1.67. The molecule has 0 saturated heterocycles. The van der Waals surface area contributed by atoms with E-state index in [1.165, 1.54) is 17.1 Å². The maximum absolute atomic E-state index is 12.6. The molecule has 0 fully saturated rings. The Balaban J connectivity index is 2.11. The fourth-order valence-corrected chi connectivity index (χ4v) is 2.85. The highest BCUT2D eigenvalue weighted by atomic mass is 32.1. The zero-order chi connectivity index (χ0) is 15.9. The van der Waals surface area contributed by atoms with Crippen LogP contribution in [0.4, 0.5) is 0 Å². The van der Waals surface area contributed by atoms with Crippen molar-refractivity contribution in [1.29, 1.82) is 0 Å². The van der Waals surface area contributed by atoms with Crippen LogP contribution in [0.2, 0.25) is 0 Å². The van der Waals surface area contributed by atoms with Crippen LogP contribution in [0.15, 0.2) is 35.8 Å². The summed E-state index contributed by atoms with van der Waals surface area (Å²) < 4.78 is 0.